The second-order valence-electron chi connectivity index (χ2n) is 4.78. The normalized spacial score (nSPS) is 13.5. The lowest BCUT2D eigenvalue weighted by atomic mass is 10.0. The van der Waals surface area contributed by atoms with Crippen LogP contribution in [0.3, 0.4) is 0 Å². The zero-order chi connectivity index (χ0) is 15.0. The van der Waals surface area contributed by atoms with Gasteiger partial charge in [0.25, 0.3) is 0 Å². The van der Waals surface area contributed by atoms with Crippen LogP contribution in [0.25, 0.3) is 0 Å². The van der Waals surface area contributed by atoms with E-state index >= 15 is 0 Å². The zero-order valence-corrected chi connectivity index (χ0v) is 11.0. The maximum atomic E-state index is 13.7. The average Bonchev–Trinajstić information content (AvgIpc) is 2.43. The quantitative estimate of drug-likeness (QED) is 0.835. The molecule has 3 N–H and O–H groups in total. The zero-order valence-electron chi connectivity index (χ0n) is 11.0. The number of nitrogens with one attached hydrogen (secondary N) is 1. The molecular formula is C15H12F2N2O2. The molecule has 2 aromatic carbocycles. The number of hydrogen-bond donors (Lipinski definition) is 2. The van der Waals surface area contributed by atoms with Crippen LogP contribution in [0.15, 0.2) is 30.3 Å². The Kier molecular flexibility index (Phi) is 3.21. The molecule has 1 aliphatic rings. The van der Waals surface area contributed by atoms with E-state index in [1.807, 2.05) is 0 Å². The van der Waals surface area contributed by atoms with E-state index in [-0.39, 0.29) is 11.6 Å². The summed E-state index contributed by atoms with van der Waals surface area (Å²) in [6, 6.07) is 6.84. The van der Waals surface area contributed by atoms with Gasteiger partial charge in [-0.25, -0.2) is 8.78 Å². The number of nitrogen functional groups attached to an aromatic ring is 1. The number of anilines is 2. The SMILES string of the molecule is Nc1cc(F)c(Oc2ccc3c(c2)CCC(=O)N3)c(F)c1. The Morgan fingerprint density at radius 2 is 1.81 bits per heavy atom. The van der Waals surface area contributed by atoms with Crippen LogP contribution in [0.4, 0.5) is 20.2 Å². The molecule has 1 heterocycles. The topological polar surface area (TPSA) is 64.3 Å². The van der Waals surface area contributed by atoms with Crippen molar-refractivity contribution >= 4 is 17.3 Å². The third kappa shape index (κ3) is 2.65. The van der Waals surface area contributed by atoms with Crippen LogP contribution < -0.4 is 15.8 Å². The predicted molar refractivity (Wildman–Crippen MR) is 74.2 cm³/mol. The highest BCUT2D eigenvalue weighted by molar-refractivity contribution is 5.94. The van der Waals surface area contributed by atoms with Gasteiger partial charge >= 0.3 is 0 Å². The van der Waals surface area contributed by atoms with Crippen LogP contribution in [0.2, 0.25) is 0 Å². The molecule has 21 heavy (non-hydrogen) atoms. The molecule has 0 atom stereocenters. The lowest BCUT2D eigenvalue weighted by Crippen LogP contribution is -2.18. The van der Waals surface area contributed by atoms with Crippen molar-refractivity contribution in [3.8, 4) is 11.5 Å². The smallest absolute Gasteiger partial charge is 0.224 e. The van der Waals surface area contributed by atoms with Crippen molar-refractivity contribution in [3.63, 3.8) is 0 Å². The van der Waals surface area contributed by atoms with E-state index in [1.54, 1.807) is 18.2 Å². The van der Waals surface area contributed by atoms with Crippen molar-refractivity contribution in [1.82, 2.24) is 0 Å². The number of fused-ring (bicyclic) bond motifs is 1. The summed E-state index contributed by atoms with van der Waals surface area (Å²) in [6.45, 7) is 0. The standard InChI is InChI=1S/C15H12F2N2O2/c16-11-6-9(18)7-12(17)15(11)21-10-2-3-13-8(5-10)1-4-14(20)19-13/h2-3,5-7H,1,4,18H2,(H,19,20). The molecule has 0 aromatic heterocycles. The maximum Gasteiger partial charge on any atom is 0.224 e. The minimum Gasteiger partial charge on any atom is -0.451 e. The number of hydrogen-bond acceptors (Lipinski definition) is 3. The molecule has 2 aromatic rings. The van der Waals surface area contributed by atoms with Gasteiger partial charge in [-0.05, 0) is 30.2 Å². The van der Waals surface area contributed by atoms with Crippen LogP contribution in [-0.2, 0) is 11.2 Å². The first-order chi connectivity index (χ1) is 10.0. The minimum atomic E-state index is -0.862. The molecular weight excluding hydrogens is 278 g/mol. The highest BCUT2D eigenvalue weighted by Crippen LogP contribution is 2.32. The Hall–Kier alpha value is -2.63. The molecule has 0 aliphatic carbocycles. The minimum absolute atomic E-state index is 0.00879. The van der Waals surface area contributed by atoms with Gasteiger partial charge in [-0.1, -0.05) is 0 Å². The molecule has 0 bridgehead atoms. The van der Waals surface area contributed by atoms with Gasteiger partial charge in [0, 0.05) is 29.9 Å². The number of nitrogens with two attached hydrogens (primary N) is 1. The Bertz CT molecular complexity index is 709. The molecule has 0 unspecified atom stereocenters. The highest BCUT2D eigenvalue weighted by atomic mass is 19.1. The summed E-state index contributed by atoms with van der Waals surface area (Å²) >= 11 is 0. The molecule has 1 aliphatic heterocycles. The van der Waals surface area contributed by atoms with E-state index in [0.29, 0.717) is 24.3 Å². The van der Waals surface area contributed by atoms with Gasteiger partial charge < -0.3 is 15.8 Å². The summed E-state index contributed by atoms with van der Waals surface area (Å²) in [7, 11) is 0. The third-order valence-corrected chi connectivity index (χ3v) is 3.21. The summed E-state index contributed by atoms with van der Waals surface area (Å²) in [5.74, 6) is -1.97. The summed E-state index contributed by atoms with van der Waals surface area (Å²) in [5, 5.41) is 2.72. The number of rotatable bonds is 2. The van der Waals surface area contributed by atoms with Crippen LogP contribution in [0.1, 0.15) is 12.0 Å². The Morgan fingerprint density at radius 1 is 1.10 bits per heavy atom. The first kappa shape index (κ1) is 13.4. The van der Waals surface area contributed by atoms with Gasteiger partial charge in [0.15, 0.2) is 17.4 Å². The van der Waals surface area contributed by atoms with Crippen molar-refractivity contribution in [2.24, 2.45) is 0 Å². The Balaban J connectivity index is 1.91. The number of aryl methyl sites for hydroxylation is 1. The molecule has 108 valence electrons. The van der Waals surface area contributed by atoms with E-state index in [4.69, 9.17) is 10.5 Å². The fourth-order valence-electron chi connectivity index (χ4n) is 2.22. The van der Waals surface area contributed by atoms with Crippen molar-refractivity contribution in [3.05, 3.63) is 47.5 Å². The highest BCUT2D eigenvalue weighted by Gasteiger charge is 2.17. The first-order valence-electron chi connectivity index (χ1n) is 6.38. The van der Waals surface area contributed by atoms with Crippen LogP contribution >= 0.6 is 0 Å². The van der Waals surface area contributed by atoms with Crippen LogP contribution in [0, 0.1) is 11.6 Å². The van der Waals surface area contributed by atoms with E-state index in [2.05, 4.69) is 5.32 Å². The molecule has 0 spiro atoms. The number of ether oxygens (including phenoxy) is 1. The van der Waals surface area contributed by atoms with Crippen molar-refractivity contribution < 1.29 is 18.3 Å². The number of carbonyl (C=O) groups is 1. The summed E-state index contributed by atoms with van der Waals surface area (Å²) < 4.78 is 32.6. The molecule has 1 amide bonds. The van der Waals surface area contributed by atoms with Crippen LogP contribution in [0.5, 0.6) is 11.5 Å². The Morgan fingerprint density at radius 3 is 2.52 bits per heavy atom. The lowest BCUT2D eigenvalue weighted by Gasteiger charge is -2.17. The van der Waals surface area contributed by atoms with Gasteiger partial charge in [0.05, 0.1) is 0 Å². The van der Waals surface area contributed by atoms with E-state index in [0.717, 1.165) is 17.7 Å². The third-order valence-electron chi connectivity index (χ3n) is 3.21. The number of carbonyl (C=O) groups excluding carboxylic acids is 1. The molecule has 6 heteroatoms. The molecule has 0 saturated carbocycles. The van der Waals surface area contributed by atoms with E-state index in [1.165, 1.54) is 0 Å². The average molecular weight is 290 g/mol. The predicted octanol–water partition coefficient (Wildman–Crippen LogP) is 3.22. The van der Waals surface area contributed by atoms with E-state index < -0.39 is 17.4 Å². The fourth-order valence-corrected chi connectivity index (χ4v) is 2.22. The Labute approximate surface area is 119 Å². The monoisotopic (exact) mass is 290 g/mol. The van der Waals surface area contributed by atoms with Gasteiger partial charge in [-0.15, -0.1) is 0 Å². The summed E-state index contributed by atoms with van der Waals surface area (Å²) in [6.07, 6.45) is 0.937. The van der Waals surface area contributed by atoms with Crippen molar-refractivity contribution in [1.29, 1.82) is 0 Å². The maximum absolute atomic E-state index is 13.7. The van der Waals surface area contributed by atoms with Gasteiger partial charge in [-0.2, -0.15) is 0 Å². The van der Waals surface area contributed by atoms with Gasteiger partial charge in [0.1, 0.15) is 5.75 Å². The van der Waals surface area contributed by atoms with Gasteiger partial charge in [-0.3, -0.25) is 4.79 Å². The van der Waals surface area contributed by atoms with Gasteiger partial charge in [0.2, 0.25) is 5.91 Å². The van der Waals surface area contributed by atoms with Crippen LogP contribution in [-0.4, -0.2) is 5.91 Å². The van der Waals surface area contributed by atoms with Crippen molar-refractivity contribution in [2.75, 3.05) is 11.1 Å². The largest absolute Gasteiger partial charge is 0.451 e. The van der Waals surface area contributed by atoms with Crippen molar-refractivity contribution in [2.45, 2.75) is 12.8 Å². The first-order valence-corrected chi connectivity index (χ1v) is 6.38. The lowest BCUT2D eigenvalue weighted by molar-refractivity contribution is -0.116. The summed E-state index contributed by atoms with van der Waals surface area (Å²) in [4.78, 5) is 11.3. The number of halogens is 2. The number of amides is 1. The molecule has 0 fully saturated rings. The summed E-state index contributed by atoms with van der Waals surface area (Å²) in [5.41, 5.74) is 6.90. The second kappa shape index (κ2) is 5.05. The molecule has 3 rings (SSSR count). The van der Waals surface area contributed by atoms with E-state index in [9.17, 15) is 13.6 Å². The molecule has 4 nitrogen and oxygen atoms in total. The fraction of sp³-hybridized carbons (Fsp3) is 0.133. The molecule has 0 radical (unpaired) electrons. The number of benzene rings is 2. The molecule has 0 saturated heterocycles. The second-order valence-corrected chi connectivity index (χ2v) is 4.78.